The molecule has 0 radical (unpaired) electrons. The Balaban J connectivity index is 1.53. The molecule has 3 aliphatic rings. The van der Waals surface area contributed by atoms with Crippen LogP contribution in [0, 0.1) is 17.8 Å². The van der Waals surface area contributed by atoms with E-state index >= 15 is 0 Å². The molecule has 1 amide bonds. The second-order valence-corrected chi connectivity index (χ2v) is 6.87. The number of furan rings is 1. The van der Waals surface area contributed by atoms with E-state index in [1.54, 1.807) is 6.26 Å². The largest absolute Gasteiger partial charge is 0.467 e. The van der Waals surface area contributed by atoms with Crippen LogP contribution in [0.1, 0.15) is 44.3 Å². The van der Waals surface area contributed by atoms with Gasteiger partial charge >= 0.3 is 0 Å². The normalized spacial score (nSPS) is 31.1. The van der Waals surface area contributed by atoms with Crippen LogP contribution in [0.25, 0.3) is 0 Å². The average Bonchev–Trinajstić information content (AvgIpc) is 3.29. The lowest BCUT2D eigenvalue weighted by atomic mass is 9.91. The van der Waals surface area contributed by atoms with E-state index in [4.69, 9.17) is 4.42 Å². The summed E-state index contributed by atoms with van der Waals surface area (Å²) < 4.78 is 5.49. The van der Waals surface area contributed by atoms with E-state index in [1.807, 2.05) is 12.1 Å². The minimum Gasteiger partial charge on any atom is -0.467 e. The van der Waals surface area contributed by atoms with Gasteiger partial charge in [0.05, 0.1) is 12.8 Å². The van der Waals surface area contributed by atoms with Gasteiger partial charge in [-0.2, -0.15) is 0 Å². The SMILES string of the molecule is O=C(C1CC2C=CC1C2)N(Cc1ccco1)C1CCCC1. The molecule has 3 nitrogen and oxygen atoms in total. The van der Waals surface area contributed by atoms with E-state index in [-0.39, 0.29) is 5.92 Å². The minimum absolute atomic E-state index is 0.218. The molecule has 0 N–H and O–H groups in total. The van der Waals surface area contributed by atoms with E-state index in [1.165, 1.54) is 19.3 Å². The number of fused-ring (bicyclic) bond motifs is 2. The third-order valence-corrected chi connectivity index (χ3v) is 5.55. The summed E-state index contributed by atoms with van der Waals surface area (Å²) in [5, 5.41) is 0. The Morgan fingerprint density at radius 2 is 2.10 bits per heavy atom. The first-order chi connectivity index (χ1) is 10.3. The van der Waals surface area contributed by atoms with Crippen LogP contribution < -0.4 is 0 Å². The maximum atomic E-state index is 13.1. The Hall–Kier alpha value is -1.51. The zero-order valence-electron chi connectivity index (χ0n) is 12.4. The van der Waals surface area contributed by atoms with Crippen LogP contribution in [0.3, 0.4) is 0 Å². The molecule has 1 aromatic heterocycles. The van der Waals surface area contributed by atoms with Gasteiger partial charge < -0.3 is 9.32 Å². The van der Waals surface area contributed by atoms with Gasteiger partial charge in [-0.1, -0.05) is 25.0 Å². The van der Waals surface area contributed by atoms with Crippen LogP contribution in [0.15, 0.2) is 35.0 Å². The van der Waals surface area contributed by atoms with Crippen LogP contribution in [-0.2, 0) is 11.3 Å². The monoisotopic (exact) mass is 285 g/mol. The molecule has 1 heterocycles. The van der Waals surface area contributed by atoms with Crippen LogP contribution in [-0.4, -0.2) is 16.8 Å². The molecule has 3 heteroatoms. The standard InChI is InChI=1S/C18H23NO2/c20-18(17-11-13-7-8-14(17)10-13)19(15-4-1-2-5-15)12-16-6-3-9-21-16/h3,6-9,13-15,17H,1-2,4-5,10-12H2. The highest BCUT2D eigenvalue weighted by Crippen LogP contribution is 2.45. The van der Waals surface area contributed by atoms with E-state index in [0.29, 0.717) is 30.3 Å². The van der Waals surface area contributed by atoms with Gasteiger partial charge in [-0.15, -0.1) is 0 Å². The molecular formula is C18H23NO2. The first-order valence-corrected chi connectivity index (χ1v) is 8.32. The summed E-state index contributed by atoms with van der Waals surface area (Å²) in [6, 6.07) is 4.31. The summed E-state index contributed by atoms with van der Waals surface area (Å²) in [6.45, 7) is 0.647. The number of allylic oxidation sites excluding steroid dienone is 2. The molecule has 1 aromatic rings. The molecule has 0 aromatic carbocycles. The van der Waals surface area contributed by atoms with Gasteiger partial charge in [0.2, 0.25) is 5.91 Å². The molecular weight excluding hydrogens is 262 g/mol. The van der Waals surface area contributed by atoms with Crippen molar-refractivity contribution in [3.05, 3.63) is 36.3 Å². The Morgan fingerprint density at radius 1 is 1.24 bits per heavy atom. The molecule has 3 atom stereocenters. The molecule has 112 valence electrons. The summed E-state index contributed by atoms with van der Waals surface area (Å²) >= 11 is 0. The van der Waals surface area contributed by atoms with Crippen LogP contribution in [0.2, 0.25) is 0 Å². The summed E-state index contributed by atoms with van der Waals surface area (Å²) in [4.78, 5) is 15.2. The third kappa shape index (κ3) is 2.43. The van der Waals surface area contributed by atoms with E-state index in [0.717, 1.165) is 25.0 Å². The van der Waals surface area contributed by atoms with Crippen LogP contribution >= 0.6 is 0 Å². The van der Waals surface area contributed by atoms with Crippen molar-refractivity contribution < 1.29 is 9.21 Å². The highest BCUT2D eigenvalue weighted by molar-refractivity contribution is 5.80. The average molecular weight is 285 g/mol. The van der Waals surface area contributed by atoms with Crippen molar-refractivity contribution in [2.75, 3.05) is 0 Å². The number of rotatable bonds is 4. The third-order valence-electron chi connectivity index (χ3n) is 5.55. The molecule has 2 bridgehead atoms. The molecule has 4 rings (SSSR count). The topological polar surface area (TPSA) is 33.5 Å². The number of nitrogens with zero attached hydrogens (tertiary/aromatic N) is 1. The second kappa shape index (κ2) is 5.36. The fourth-order valence-electron chi connectivity index (χ4n) is 4.45. The van der Waals surface area contributed by atoms with Crippen molar-refractivity contribution >= 4 is 5.91 Å². The quantitative estimate of drug-likeness (QED) is 0.789. The van der Waals surface area contributed by atoms with Gasteiger partial charge in [0, 0.05) is 12.0 Å². The second-order valence-electron chi connectivity index (χ2n) is 6.87. The molecule has 0 aliphatic heterocycles. The predicted molar refractivity (Wildman–Crippen MR) is 80.4 cm³/mol. The number of carbonyl (C=O) groups excluding carboxylic acids is 1. The maximum absolute atomic E-state index is 13.1. The Kier molecular flexibility index (Phi) is 3.36. The zero-order valence-corrected chi connectivity index (χ0v) is 12.4. The lowest BCUT2D eigenvalue weighted by Gasteiger charge is -2.32. The summed E-state index contributed by atoms with van der Waals surface area (Å²) in [6.07, 6.45) is 13.3. The number of hydrogen-bond acceptors (Lipinski definition) is 2. The molecule has 2 saturated carbocycles. The van der Waals surface area contributed by atoms with Crippen molar-refractivity contribution in [2.24, 2.45) is 17.8 Å². The number of hydrogen-bond donors (Lipinski definition) is 0. The van der Waals surface area contributed by atoms with E-state index in [9.17, 15) is 4.79 Å². The van der Waals surface area contributed by atoms with Gasteiger partial charge in [-0.3, -0.25) is 4.79 Å². The molecule has 3 unspecified atom stereocenters. The lowest BCUT2D eigenvalue weighted by molar-refractivity contribution is -0.139. The molecule has 0 spiro atoms. The van der Waals surface area contributed by atoms with Gasteiger partial charge in [0.1, 0.15) is 5.76 Å². The van der Waals surface area contributed by atoms with Crippen molar-refractivity contribution in [1.82, 2.24) is 4.90 Å². The lowest BCUT2D eigenvalue weighted by Crippen LogP contribution is -2.42. The van der Waals surface area contributed by atoms with Crippen LogP contribution in [0.4, 0.5) is 0 Å². The molecule has 21 heavy (non-hydrogen) atoms. The first-order valence-electron chi connectivity index (χ1n) is 8.32. The predicted octanol–water partition coefficient (Wildman–Crippen LogP) is 3.76. The number of carbonyl (C=O) groups is 1. The van der Waals surface area contributed by atoms with Crippen molar-refractivity contribution in [3.63, 3.8) is 0 Å². The summed E-state index contributed by atoms with van der Waals surface area (Å²) in [7, 11) is 0. The Bertz CT molecular complexity index is 527. The van der Waals surface area contributed by atoms with Gasteiger partial charge in [-0.25, -0.2) is 0 Å². The molecule has 2 fully saturated rings. The smallest absolute Gasteiger partial charge is 0.226 e. The highest BCUT2D eigenvalue weighted by Gasteiger charge is 2.43. The van der Waals surface area contributed by atoms with Crippen LogP contribution in [0.5, 0.6) is 0 Å². The van der Waals surface area contributed by atoms with Gasteiger partial charge in [-0.05, 0) is 49.7 Å². The summed E-state index contributed by atoms with van der Waals surface area (Å²) in [5.74, 6) is 2.64. The van der Waals surface area contributed by atoms with E-state index < -0.39 is 0 Å². The van der Waals surface area contributed by atoms with Gasteiger partial charge in [0.15, 0.2) is 0 Å². The molecule has 0 saturated heterocycles. The fraction of sp³-hybridized carbons (Fsp3) is 0.611. The zero-order chi connectivity index (χ0) is 14.2. The van der Waals surface area contributed by atoms with Gasteiger partial charge in [0.25, 0.3) is 0 Å². The summed E-state index contributed by atoms with van der Waals surface area (Å²) in [5.41, 5.74) is 0. The fourth-order valence-corrected chi connectivity index (χ4v) is 4.45. The Labute approximate surface area is 126 Å². The molecule has 3 aliphatic carbocycles. The first kappa shape index (κ1) is 13.2. The Morgan fingerprint density at radius 3 is 2.71 bits per heavy atom. The minimum atomic E-state index is 0.218. The van der Waals surface area contributed by atoms with E-state index in [2.05, 4.69) is 17.1 Å². The highest BCUT2D eigenvalue weighted by atomic mass is 16.3. The van der Waals surface area contributed by atoms with Crippen molar-refractivity contribution in [3.8, 4) is 0 Å². The van der Waals surface area contributed by atoms with Crippen molar-refractivity contribution in [2.45, 2.75) is 51.1 Å². The number of amides is 1. The maximum Gasteiger partial charge on any atom is 0.226 e. The van der Waals surface area contributed by atoms with Crippen molar-refractivity contribution in [1.29, 1.82) is 0 Å².